The summed E-state index contributed by atoms with van der Waals surface area (Å²) < 4.78 is 0. The molecule has 4 unspecified atom stereocenters. The lowest BCUT2D eigenvalue weighted by Crippen LogP contribution is -2.28. The summed E-state index contributed by atoms with van der Waals surface area (Å²) in [5, 5.41) is 0. The van der Waals surface area contributed by atoms with E-state index in [1.54, 1.807) is 0 Å². The van der Waals surface area contributed by atoms with Crippen LogP contribution < -0.4 is 0 Å². The van der Waals surface area contributed by atoms with Gasteiger partial charge in [0, 0.05) is 0 Å². The van der Waals surface area contributed by atoms with Crippen LogP contribution in [0.2, 0.25) is 0 Å². The molecule has 0 heteroatoms. The first-order valence-electron chi connectivity index (χ1n) is 7.15. The summed E-state index contributed by atoms with van der Waals surface area (Å²) in [4.78, 5) is 0. The van der Waals surface area contributed by atoms with E-state index < -0.39 is 0 Å². The van der Waals surface area contributed by atoms with Crippen LogP contribution >= 0.6 is 0 Å². The monoisotopic (exact) mass is 208 g/mol. The van der Waals surface area contributed by atoms with Gasteiger partial charge in [0.05, 0.1) is 0 Å². The second kappa shape index (κ2) is 4.89. The summed E-state index contributed by atoms with van der Waals surface area (Å²) in [6.07, 6.45) is 10.6. The molecule has 2 fully saturated rings. The van der Waals surface area contributed by atoms with E-state index in [2.05, 4.69) is 20.8 Å². The molecule has 0 heterocycles. The Labute approximate surface area is 95.8 Å². The molecule has 2 aliphatic rings. The van der Waals surface area contributed by atoms with E-state index in [0.717, 1.165) is 29.6 Å². The molecule has 15 heavy (non-hydrogen) atoms. The molecule has 0 aliphatic heterocycles. The first-order valence-corrected chi connectivity index (χ1v) is 7.15. The maximum absolute atomic E-state index is 2.47. The number of rotatable bonds is 1. The molecule has 0 aromatic rings. The summed E-state index contributed by atoms with van der Waals surface area (Å²) in [7, 11) is 0. The van der Waals surface area contributed by atoms with Crippen molar-refractivity contribution in [3.05, 3.63) is 0 Å². The highest BCUT2D eigenvalue weighted by atomic mass is 14.4. The van der Waals surface area contributed by atoms with Gasteiger partial charge in [0.1, 0.15) is 0 Å². The fraction of sp³-hybridized carbons (Fsp3) is 1.00. The molecular formula is C15H28. The molecule has 2 rings (SSSR count). The average Bonchev–Trinajstić information content (AvgIpc) is 2.16. The van der Waals surface area contributed by atoms with Crippen molar-refractivity contribution >= 4 is 0 Å². The van der Waals surface area contributed by atoms with Gasteiger partial charge < -0.3 is 0 Å². The Kier molecular flexibility index (Phi) is 3.74. The molecule has 88 valence electrons. The Bertz CT molecular complexity index is 186. The molecule has 2 aliphatic carbocycles. The van der Waals surface area contributed by atoms with Crippen molar-refractivity contribution < 1.29 is 0 Å². The predicted molar refractivity (Wildman–Crippen MR) is 66.8 cm³/mol. The SMILES string of the molecule is CC1CCCC(C2CC(C)CC(C)C2)C1. The van der Waals surface area contributed by atoms with Crippen LogP contribution in [0.25, 0.3) is 0 Å². The highest BCUT2D eigenvalue weighted by molar-refractivity contribution is 4.83. The van der Waals surface area contributed by atoms with Crippen LogP contribution in [-0.2, 0) is 0 Å². The average molecular weight is 208 g/mol. The predicted octanol–water partition coefficient (Wildman–Crippen LogP) is 4.89. The van der Waals surface area contributed by atoms with E-state index in [1.807, 2.05) is 0 Å². The van der Waals surface area contributed by atoms with Gasteiger partial charge in [-0.05, 0) is 55.3 Å². The Morgan fingerprint density at radius 3 is 1.80 bits per heavy atom. The zero-order valence-electron chi connectivity index (χ0n) is 10.8. The van der Waals surface area contributed by atoms with Gasteiger partial charge in [-0.3, -0.25) is 0 Å². The molecule has 0 aromatic heterocycles. The second-order valence-corrected chi connectivity index (χ2v) is 6.71. The molecule has 4 atom stereocenters. The van der Waals surface area contributed by atoms with E-state index in [-0.39, 0.29) is 0 Å². The minimum absolute atomic E-state index is 0.996. The lowest BCUT2D eigenvalue weighted by molar-refractivity contribution is 0.116. The largest absolute Gasteiger partial charge is 0.0625 e. The van der Waals surface area contributed by atoms with Crippen molar-refractivity contribution in [2.45, 2.75) is 65.7 Å². The van der Waals surface area contributed by atoms with E-state index in [4.69, 9.17) is 0 Å². The molecule has 0 aromatic carbocycles. The first kappa shape index (κ1) is 11.5. The van der Waals surface area contributed by atoms with Crippen molar-refractivity contribution in [3.63, 3.8) is 0 Å². The lowest BCUT2D eigenvalue weighted by atomic mass is 9.66. The van der Waals surface area contributed by atoms with Crippen LogP contribution in [0.1, 0.15) is 65.7 Å². The van der Waals surface area contributed by atoms with Gasteiger partial charge in [-0.2, -0.15) is 0 Å². The van der Waals surface area contributed by atoms with Gasteiger partial charge in [-0.1, -0.05) is 40.0 Å². The fourth-order valence-corrected chi connectivity index (χ4v) is 4.30. The third kappa shape index (κ3) is 2.98. The molecule has 0 bridgehead atoms. The summed E-state index contributed by atoms with van der Waals surface area (Å²) in [6.45, 7) is 7.39. The maximum atomic E-state index is 2.47. The molecule has 2 saturated carbocycles. The summed E-state index contributed by atoms with van der Waals surface area (Å²) >= 11 is 0. The van der Waals surface area contributed by atoms with Crippen molar-refractivity contribution in [1.82, 2.24) is 0 Å². The normalized spacial score (nSPS) is 47.8. The van der Waals surface area contributed by atoms with Crippen molar-refractivity contribution in [2.24, 2.45) is 29.6 Å². The van der Waals surface area contributed by atoms with Crippen LogP contribution in [0.3, 0.4) is 0 Å². The lowest BCUT2D eigenvalue weighted by Gasteiger charge is -2.39. The third-order valence-electron chi connectivity index (χ3n) is 4.86. The zero-order chi connectivity index (χ0) is 10.8. The van der Waals surface area contributed by atoms with E-state index in [0.29, 0.717) is 0 Å². The molecule has 0 nitrogen and oxygen atoms in total. The van der Waals surface area contributed by atoms with Crippen molar-refractivity contribution in [1.29, 1.82) is 0 Å². The fourth-order valence-electron chi connectivity index (χ4n) is 4.30. The van der Waals surface area contributed by atoms with Gasteiger partial charge in [-0.25, -0.2) is 0 Å². The molecule has 0 N–H and O–H groups in total. The summed E-state index contributed by atoms with van der Waals surface area (Å²) in [6, 6.07) is 0. The smallest absolute Gasteiger partial charge is 0.0381 e. The van der Waals surface area contributed by atoms with Crippen LogP contribution in [-0.4, -0.2) is 0 Å². The summed E-state index contributed by atoms with van der Waals surface area (Å²) in [5.41, 5.74) is 0. The topological polar surface area (TPSA) is 0 Å². The Morgan fingerprint density at radius 2 is 1.20 bits per heavy atom. The Morgan fingerprint density at radius 1 is 0.600 bits per heavy atom. The van der Waals surface area contributed by atoms with Gasteiger partial charge in [-0.15, -0.1) is 0 Å². The highest BCUT2D eigenvalue weighted by Crippen LogP contribution is 2.43. The molecule has 0 radical (unpaired) electrons. The standard InChI is InChI=1S/C15H28/c1-11-5-4-6-14(8-11)15-9-12(2)7-13(3)10-15/h11-15H,4-10H2,1-3H3. The van der Waals surface area contributed by atoms with Crippen molar-refractivity contribution in [3.8, 4) is 0 Å². The van der Waals surface area contributed by atoms with Crippen molar-refractivity contribution in [2.75, 3.05) is 0 Å². The Balaban J connectivity index is 1.91. The van der Waals surface area contributed by atoms with E-state index >= 15 is 0 Å². The van der Waals surface area contributed by atoms with Crippen LogP contribution in [0.15, 0.2) is 0 Å². The van der Waals surface area contributed by atoms with Crippen LogP contribution in [0.4, 0.5) is 0 Å². The minimum atomic E-state index is 0.996. The Hall–Kier alpha value is 0. The number of hydrogen-bond donors (Lipinski definition) is 0. The van der Waals surface area contributed by atoms with Gasteiger partial charge in [0.25, 0.3) is 0 Å². The third-order valence-corrected chi connectivity index (χ3v) is 4.86. The second-order valence-electron chi connectivity index (χ2n) is 6.71. The van der Waals surface area contributed by atoms with Crippen LogP contribution in [0, 0.1) is 29.6 Å². The van der Waals surface area contributed by atoms with Crippen LogP contribution in [0.5, 0.6) is 0 Å². The first-order chi connectivity index (χ1) is 7.15. The molecule has 0 amide bonds. The highest BCUT2D eigenvalue weighted by Gasteiger charge is 2.31. The van der Waals surface area contributed by atoms with Gasteiger partial charge >= 0.3 is 0 Å². The molecular weight excluding hydrogens is 180 g/mol. The summed E-state index contributed by atoms with van der Waals surface area (Å²) in [5.74, 6) is 5.16. The maximum Gasteiger partial charge on any atom is -0.0381 e. The molecule has 0 saturated heterocycles. The van der Waals surface area contributed by atoms with E-state index in [9.17, 15) is 0 Å². The van der Waals surface area contributed by atoms with Gasteiger partial charge in [0.2, 0.25) is 0 Å². The zero-order valence-corrected chi connectivity index (χ0v) is 10.8. The number of hydrogen-bond acceptors (Lipinski definition) is 0. The minimum Gasteiger partial charge on any atom is -0.0625 e. The quantitative estimate of drug-likeness (QED) is 0.576. The van der Waals surface area contributed by atoms with E-state index in [1.165, 1.54) is 44.9 Å². The molecule has 0 spiro atoms. The van der Waals surface area contributed by atoms with Gasteiger partial charge in [0.15, 0.2) is 0 Å².